The highest BCUT2D eigenvalue weighted by Crippen LogP contribution is 2.55. The summed E-state index contributed by atoms with van der Waals surface area (Å²) >= 11 is 0. The number of aromatic nitrogens is 2. The molecule has 2 bridgehead atoms. The maximum absolute atomic E-state index is 14.8. The quantitative estimate of drug-likeness (QED) is 0.0856. The number of ether oxygens (including phenoxy) is 4. The highest BCUT2D eigenvalue weighted by molar-refractivity contribution is 7.90. The summed E-state index contributed by atoms with van der Waals surface area (Å²) in [6.45, 7) is 12.8. The summed E-state index contributed by atoms with van der Waals surface area (Å²) in [6.07, 6.45) is 10.2. The van der Waals surface area contributed by atoms with Crippen LogP contribution >= 0.6 is 0 Å². The van der Waals surface area contributed by atoms with Crippen molar-refractivity contribution in [2.75, 3.05) is 80.8 Å². The van der Waals surface area contributed by atoms with Crippen LogP contribution in [0.3, 0.4) is 0 Å². The monoisotopic (exact) mass is 1030 g/mol. The number of nitro benzene ring substituents is 1. The molecule has 6 atom stereocenters. The molecule has 18 nitrogen and oxygen atoms in total. The Kier molecular flexibility index (Phi) is 11.9. The van der Waals surface area contributed by atoms with Crippen LogP contribution in [-0.2, 0) is 19.5 Å². The van der Waals surface area contributed by atoms with Crippen LogP contribution < -0.4 is 29.3 Å². The first kappa shape index (κ1) is 47.5. The molecule has 13 rings (SSSR count). The molecule has 6 fully saturated rings. The fraction of sp³-hybridized carbons (Fsp3) is 0.491. The molecule has 5 aromatic rings. The number of nitrogens with one attached hydrogen (secondary N) is 3. The third-order valence-corrected chi connectivity index (χ3v) is 18.8. The molecule has 388 valence electrons. The highest BCUT2D eigenvalue weighted by atomic mass is 32.2. The van der Waals surface area contributed by atoms with E-state index in [0.717, 1.165) is 68.2 Å². The average molecular weight is 1030 g/mol. The third kappa shape index (κ3) is 8.53. The molecule has 3 aromatic carbocycles. The second-order valence-electron chi connectivity index (χ2n) is 22.1. The number of fused-ring (bicyclic) bond motifs is 6. The van der Waals surface area contributed by atoms with Gasteiger partial charge in [-0.1, -0.05) is 36.4 Å². The van der Waals surface area contributed by atoms with Crippen molar-refractivity contribution < 1.29 is 37.1 Å². The average Bonchev–Trinajstić information content (AvgIpc) is 4.23. The number of benzene rings is 3. The van der Waals surface area contributed by atoms with Crippen molar-refractivity contribution in [1.29, 1.82) is 0 Å². The number of nitro groups is 1. The Morgan fingerprint density at radius 3 is 2.62 bits per heavy atom. The minimum Gasteiger partial charge on any atom is -0.489 e. The normalized spacial score (nSPS) is 26.6. The lowest BCUT2D eigenvalue weighted by Gasteiger charge is -2.56. The van der Waals surface area contributed by atoms with Crippen LogP contribution in [0.25, 0.3) is 16.6 Å². The molecule has 74 heavy (non-hydrogen) atoms. The molecule has 9 heterocycles. The molecule has 2 aromatic heterocycles. The number of carbonyl (C=O) groups excluding carboxylic acids is 1. The van der Waals surface area contributed by atoms with Gasteiger partial charge in [0.15, 0.2) is 11.4 Å². The van der Waals surface area contributed by atoms with E-state index in [-0.39, 0.29) is 53.2 Å². The van der Waals surface area contributed by atoms with Gasteiger partial charge in [-0.3, -0.25) is 24.7 Å². The van der Waals surface area contributed by atoms with E-state index in [0.29, 0.717) is 80.4 Å². The Morgan fingerprint density at radius 1 is 0.973 bits per heavy atom. The van der Waals surface area contributed by atoms with Crippen LogP contribution in [0, 0.1) is 21.4 Å². The van der Waals surface area contributed by atoms with Crippen LogP contribution in [-0.4, -0.2) is 135 Å². The number of hydrogen-bond donors (Lipinski definition) is 3. The van der Waals surface area contributed by atoms with E-state index in [4.69, 9.17) is 23.9 Å². The van der Waals surface area contributed by atoms with Gasteiger partial charge in [-0.25, -0.2) is 13.1 Å². The van der Waals surface area contributed by atoms with Crippen molar-refractivity contribution in [2.24, 2.45) is 11.3 Å². The first-order valence-corrected chi connectivity index (χ1v) is 27.9. The zero-order valence-electron chi connectivity index (χ0n) is 41.7. The number of aromatic amines is 1. The Balaban J connectivity index is 0.786. The van der Waals surface area contributed by atoms with Gasteiger partial charge in [0.25, 0.3) is 21.6 Å². The predicted octanol–water partition coefficient (Wildman–Crippen LogP) is 7.79. The Bertz CT molecular complexity index is 3170. The van der Waals surface area contributed by atoms with Gasteiger partial charge in [-0.15, -0.1) is 0 Å². The van der Waals surface area contributed by atoms with Crippen molar-refractivity contribution in [1.82, 2.24) is 24.5 Å². The number of hydrogen-bond acceptors (Lipinski definition) is 15. The molecule has 0 unspecified atom stereocenters. The number of pyridine rings is 1. The van der Waals surface area contributed by atoms with Crippen LogP contribution in [0.1, 0.15) is 85.8 Å². The zero-order chi connectivity index (χ0) is 50.5. The van der Waals surface area contributed by atoms with Gasteiger partial charge in [-0.2, -0.15) is 4.98 Å². The second kappa shape index (κ2) is 18.5. The molecule has 8 aliphatic rings. The van der Waals surface area contributed by atoms with E-state index in [1.807, 2.05) is 35.4 Å². The Labute approximate surface area is 430 Å². The number of sulfonamides is 1. The summed E-state index contributed by atoms with van der Waals surface area (Å²) in [4.78, 5) is 44.0. The van der Waals surface area contributed by atoms with E-state index in [2.05, 4.69) is 67.5 Å². The lowest BCUT2D eigenvalue weighted by molar-refractivity contribution is -0.384. The summed E-state index contributed by atoms with van der Waals surface area (Å²) in [6, 6.07) is 21.5. The number of amides is 1. The van der Waals surface area contributed by atoms with E-state index in [1.54, 1.807) is 6.07 Å². The van der Waals surface area contributed by atoms with E-state index < -0.39 is 31.4 Å². The van der Waals surface area contributed by atoms with E-state index in [9.17, 15) is 23.3 Å². The largest absolute Gasteiger partial charge is 0.489 e. The van der Waals surface area contributed by atoms with Gasteiger partial charge < -0.3 is 39.0 Å². The third-order valence-electron chi connectivity index (χ3n) is 17.5. The van der Waals surface area contributed by atoms with Crippen LogP contribution in [0.5, 0.6) is 11.6 Å². The number of H-pyrrole nitrogens is 1. The lowest BCUT2D eigenvalue weighted by Crippen LogP contribution is -2.55. The molecule has 1 spiro atoms. The van der Waals surface area contributed by atoms with Crippen molar-refractivity contribution in [3.8, 4) is 11.6 Å². The van der Waals surface area contributed by atoms with Crippen molar-refractivity contribution >= 4 is 61.0 Å². The number of nitrogens with zero attached hydrogens (tertiary/aromatic N) is 6. The summed E-state index contributed by atoms with van der Waals surface area (Å²) < 4.78 is 55.6. The SMILES string of the molecule is C=C(C)c1ccccc1[C@@H]1CCCN1C1CC2(CCN(c3ccc(C(=O)NS(=O)(=O)c4cc5c(c([N+](=O)[O-])c4)N[C@@H](CN4C[C@H]6C[C@@H]4CO6)CO5)c(N4C[C@@H]5COCC[C@@H]5Oc5nc6[nH]ccc6cc54)c3)CC2)C1. The number of piperidine rings is 1. The Hall–Kier alpha value is -6.25. The number of likely N-dealkylation sites (tertiary alicyclic amines) is 2. The zero-order valence-corrected chi connectivity index (χ0v) is 42.5. The first-order chi connectivity index (χ1) is 35.8. The fourth-order valence-electron chi connectivity index (χ4n) is 13.6. The molecule has 1 aliphatic carbocycles. The van der Waals surface area contributed by atoms with Crippen molar-refractivity contribution in [3.63, 3.8) is 0 Å². The number of carbonyl (C=O) groups is 1. The van der Waals surface area contributed by atoms with Crippen molar-refractivity contribution in [3.05, 3.63) is 106 Å². The van der Waals surface area contributed by atoms with Gasteiger partial charge in [0, 0.05) is 92.6 Å². The van der Waals surface area contributed by atoms with Crippen LogP contribution in [0.4, 0.5) is 28.4 Å². The molecule has 3 N–H and O–H groups in total. The van der Waals surface area contributed by atoms with Gasteiger partial charge in [0.05, 0.1) is 53.0 Å². The number of morpholine rings is 1. The molecule has 1 amide bonds. The smallest absolute Gasteiger partial charge is 0.297 e. The summed E-state index contributed by atoms with van der Waals surface area (Å²) in [5, 5.41) is 16.7. The highest BCUT2D eigenvalue weighted by Gasteiger charge is 2.50. The number of allylic oxidation sites excluding steroid dienone is 1. The topological polar surface area (TPSA) is 197 Å². The minimum absolute atomic E-state index is 0.0268. The predicted molar refractivity (Wildman–Crippen MR) is 280 cm³/mol. The maximum atomic E-state index is 14.8. The van der Waals surface area contributed by atoms with Gasteiger partial charge in [0.1, 0.15) is 24.0 Å². The van der Waals surface area contributed by atoms with Gasteiger partial charge in [0.2, 0.25) is 5.88 Å². The molecular weight excluding hydrogens is 963 g/mol. The molecule has 19 heteroatoms. The molecular formula is C55H63N9O9S. The summed E-state index contributed by atoms with van der Waals surface area (Å²) in [5.74, 6) is -0.563. The second-order valence-corrected chi connectivity index (χ2v) is 23.8. The molecule has 7 aliphatic heterocycles. The van der Waals surface area contributed by atoms with Crippen molar-refractivity contribution in [2.45, 2.75) is 99.6 Å². The lowest BCUT2D eigenvalue weighted by atomic mass is 9.59. The summed E-state index contributed by atoms with van der Waals surface area (Å²) in [7, 11) is -4.70. The molecule has 5 saturated heterocycles. The number of rotatable bonds is 11. The van der Waals surface area contributed by atoms with Crippen LogP contribution in [0.15, 0.2) is 84.4 Å². The standard InChI is InChI=1S/C55H63N9O9S/c1-33(2)42-6-3-4-7-43(42)45-8-5-16-62(45)39-25-55(26-39)13-17-60(18-14-55)37-9-10-44(46(22-37)63-27-35-30-70-19-12-49(35)73-54-48(63)20-34-11-15-56-52(34)58-54)53(65)59-74(68,69)41-23-47(64(66)67)51-50(24-41)72-31-36(57-51)28-61-29-40-21-38(61)32-71-40/h3-4,6-7,9-11,15,20,22-24,35-36,38-40,45,49,57H,1,5,8,12-14,16-19,21,25-32H2,2H3,(H,56,58)(H,59,65)/t35-,36+,38-,40-,45+,49+/m1/s1. The Morgan fingerprint density at radius 2 is 1.82 bits per heavy atom. The van der Waals surface area contributed by atoms with Gasteiger partial charge >= 0.3 is 0 Å². The molecule has 1 saturated carbocycles. The fourth-order valence-corrected chi connectivity index (χ4v) is 14.6. The van der Waals surface area contributed by atoms with Crippen LogP contribution in [0.2, 0.25) is 0 Å². The molecule has 0 radical (unpaired) electrons. The van der Waals surface area contributed by atoms with E-state index in [1.165, 1.54) is 42.9 Å². The summed E-state index contributed by atoms with van der Waals surface area (Å²) in [5.41, 5.74) is 6.49. The van der Waals surface area contributed by atoms with Gasteiger partial charge in [-0.05, 0) is 105 Å². The van der Waals surface area contributed by atoms with E-state index >= 15 is 0 Å². The number of anilines is 4. The minimum atomic E-state index is -4.70. The first-order valence-electron chi connectivity index (χ1n) is 26.4. The maximum Gasteiger partial charge on any atom is 0.297 e.